The van der Waals surface area contributed by atoms with Crippen molar-refractivity contribution in [1.29, 1.82) is 0 Å². The molecule has 164 valence electrons. The van der Waals surface area contributed by atoms with Gasteiger partial charge in [-0.1, -0.05) is 36.4 Å². The molecule has 1 saturated heterocycles. The van der Waals surface area contributed by atoms with Gasteiger partial charge < -0.3 is 14.8 Å². The van der Waals surface area contributed by atoms with Crippen molar-refractivity contribution in [2.24, 2.45) is 0 Å². The van der Waals surface area contributed by atoms with E-state index >= 15 is 0 Å². The molecule has 2 aromatic rings. The van der Waals surface area contributed by atoms with Crippen LogP contribution in [0.3, 0.4) is 0 Å². The molecule has 0 saturated carbocycles. The zero-order chi connectivity index (χ0) is 21.6. The lowest BCUT2D eigenvalue weighted by molar-refractivity contribution is -0.127. The molecule has 2 aliphatic heterocycles. The van der Waals surface area contributed by atoms with Gasteiger partial charge in [0.25, 0.3) is 0 Å². The highest BCUT2D eigenvalue weighted by Gasteiger charge is 2.29. The first kappa shape index (κ1) is 21.4. The van der Waals surface area contributed by atoms with Crippen molar-refractivity contribution in [3.63, 3.8) is 0 Å². The Labute approximate surface area is 183 Å². The van der Waals surface area contributed by atoms with Crippen LogP contribution in [-0.2, 0) is 16.0 Å². The molecule has 0 aromatic heterocycles. The number of ether oxygens (including phenoxy) is 2. The Hall–Kier alpha value is -2.86. The number of amides is 1. The summed E-state index contributed by atoms with van der Waals surface area (Å²) >= 11 is 0. The second kappa shape index (κ2) is 9.96. The number of fused-ring (bicyclic) bond motifs is 1. The Kier molecular flexibility index (Phi) is 6.87. The second-order valence-electron chi connectivity index (χ2n) is 8.31. The number of carbonyl (C=O) groups is 2. The molecule has 0 bridgehead atoms. The smallest absolute Gasteiger partial charge is 0.234 e. The van der Waals surface area contributed by atoms with Gasteiger partial charge in [-0.2, -0.15) is 0 Å². The van der Waals surface area contributed by atoms with Crippen molar-refractivity contribution in [1.82, 2.24) is 10.2 Å². The predicted octanol–water partition coefficient (Wildman–Crippen LogP) is 3.30. The van der Waals surface area contributed by atoms with E-state index in [0.29, 0.717) is 19.6 Å². The monoisotopic (exact) mass is 422 g/mol. The van der Waals surface area contributed by atoms with Crippen molar-refractivity contribution in [2.75, 3.05) is 26.3 Å². The van der Waals surface area contributed by atoms with E-state index in [1.54, 1.807) is 0 Å². The Morgan fingerprint density at radius 1 is 1.06 bits per heavy atom. The van der Waals surface area contributed by atoms with Gasteiger partial charge in [0, 0.05) is 12.5 Å². The average Bonchev–Trinajstić information content (AvgIpc) is 3.09. The van der Waals surface area contributed by atoms with Gasteiger partial charge in [-0.25, -0.2) is 0 Å². The Morgan fingerprint density at radius 3 is 2.61 bits per heavy atom. The number of likely N-dealkylation sites (tertiary alicyclic amines) is 1. The number of nitrogens with one attached hydrogen (secondary N) is 1. The molecule has 0 unspecified atom stereocenters. The highest BCUT2D eigenvalue weighted by molar-refractivity contribution is 5.88. The topological polar surface area (TPSA) is 67.9 Å². The number of rotatable bonds is 7. The van der Waals surface area contributed by atoms with E-state index in [9.17, 15) is 9.59 Å². The summed E-state index contributed by atoms with van der Waals surface area (Å²) < 4.78 is 11.6. The zero-order valence-electron chi connectivity index (χ0n) is 18.0. The van der Waals surface area contributed by atoms with Crippen LogP contribution in [0, 0.1) is 0 Å². The van der Waals surface area contributed by atoms with E-state index in [-0.39, 0.29) is 24.3 Å². The van der Waals surface area contributed by atoms with Crippen molar-refractivity contribution >= 4 is 11.7 Å². The van der Waals surface area contributed by atoms with E-state index in [1.165, 1.54) is 6.92 Å². The maximum Gasteiger partial charge on any atom is 0.234 e. The first-order valence-electron chi connectivity index (χ1n) is 11.1. The second-order valence-corrected chi connectivity index (χ2v) is 8.31. The molecule has 0 aliphatic carbocycles. The largest absolute Gasteiger partial charge is 0.490 e. The molecule has 4 rings (SSSR count). The fourth-order valence-electron chi connectivity index (χ4n) is 4.35. The zero-order valence-corrected chi connectivity index (χ0v) is 18.0. The van der Waals surface area contributed by atoms with Crippen molar-refractivity contribution in [3.05, 3.63) is 59.7 Å². The molecule has 1 fully saturated rings. The molecule has 2 aromatic carbocycles. The molecule has 0 spiro atoms. The number of ketones is 1. The third-order valence-corrected chi connectivity index (χ3v) is 5.98. The van der Waals surface area contributed by atoms with E-state index < -0.39 is 6.04 Å². The molecule has 2 aliphatic rings. The summed E-state index contributed by atoms with van der Waals surface area (Å²) in [5.41, 5.74) is 2.18. The van der Waals surface area contributed by atoms with Crippen LogP contribution in [0.5, 0.6) is 11.5 Å². The first-order chi connectivity index (χ1) is 15.1. The van der Waals surface area contributed by atoms with Crippen LogP contribution in [-0.4, -0.2) is 48.9 Å². The van der Waals surface area contributed by atoms with E-state index in [1.807, 2.05) is 36.4 Å². The van der Waals surface area contributed by atoms with Gasteiger partial charge in [0.1, 0.15) is 0 Å². The average molecular weight is 423 g/mol. The molecule has 6 nitrogen and oxygen atoms in total. The SMILES string of the molecule is CC(=O)[C@@H](Cc1ccccc1)NC(=O)CN1CCC[C@H]1c1ccc2c(c1)OCCCO2. The summed E-state index contributed by atoms with van der Waals surface area (Å²) in [6, 6.07) is 15.5. The molecular weight excluding hydrogens is 392 g/mol. The molecule has 2 atom stereocenters. The Bertz CT molecular complexity index is 915. The minimum Gasteiger partial charge on any atom is -0.490 e. The first-order valence-corrected chi connectivity index (χ1v) is 11.1. The highest BCUT2D eigenvalue weighted by atomic mass is 16.5. The minimum atomic E-state index is -0.506. The minimum absolute atomic E-state index is 0.0296. The van der Waals surface area contributed by atoms with Gasteiger partial charge in [0.05, 0.1) is 25.8 Å². The summed E-state index contributed by atoms with van der Waals surface area (Å²) in [6.45, 7) is 3.99. The Balaban J connectivity index is 1.40. The lowest BCUT2D eigenvalue weighted by atomic mass is 10.0. The lowest BCUT2D eigenvalue weighted by Gasteiger charge is -2.26. The van der Waals surface area contributed by atoms with Gasteiger partial charge in [-0.05, 0) is 56.0 Å². The third kappa shape index (κ3) is 5.44. The highest BCUT2D eigenvalue weighted by Crippen LogP contribution is 2.37. The predicted molar refractivity (Wildman–Crippen MR) is 118 cm³/mol. The lowest BCUT2D eigenvalue weighted by Crippen LogP contribution is -2.45. The molecular formula is C25H30N2O4. The van der Waals surface area contributed by atoms with Gasteiger partial charge in [-0.15, -0.1) is 0 Å². The molecule has 0 radical (unpaired) electrons. The molecule has 6 heteroatoms. The summed E-state index contributed by atoms with van der Waals surface area (Å²) in [6.07, 6.45) is 3.41. The number of hydrogen-bond acceptors (Lipinski definition) is 5. The maximum atomic E-state index is 12.8. The fraction of sp³-hybridized carbons (Fsp3) is 0.440. The van der Waals surface area contributed by atoms with Gasteiger partial charge in [0.15, 0.2) is 17.3 Å². The van der Waals surface area contributed by atoms with Crippen molar-refractivity contribution < 1.29 is 19.1 Å². The van der Waals surface area contributed by atoms with Crippen LogP contribution < -0.4 is 14.8 Å². The normalized spacial score (nSPS) is 19.5. The van der Waals surface area contributed by atoms with Gasteiger partial charge in [-0.3, -0.25) is 14.5 Å². The number of carbonyl (C=O) groups excluding carboxylic acids is 2. The summed E-state index contributed by atoms with van der Waals surface area (Å²) in [5.74, 6) is 1.43. The summed E-state index contributed by atoms with van der Waals surface area (Å²) in [5, 5.41) is 2.95. The fourth-order valence-corrected chi connectivity index (χ4v) is 4.35. The number of hydrogen-bond donors (Lipinski definition) is 1. The van der Waals surface area contributed by atoms with Gasteiger partial charge in [0.2, 0.25) is 5.91 Å². The van der Waals surface area contributed by atoms with E-state index in [4.69, 9.17) is 9.47 Å². The number of Topliss-reactive ketones (excluding diaryl/α,β-unsaturated/α-hetero) is 1. The molecule has 31 heavy (non-hydrogen) atoms. The van der Waals surface area contributed by atoms with Crippen LogP contribution >= 0.6 is 0 Å². The van der Waals surface area contributed by atoms with E-state index in [2.05, 4.69) is 22.3 Å². The van der Waals surface area contributed by atoms with Crippen molar-refractivity contribution in [3.8, 4) is 11.5 Å². The molecule has 1 N–H and O–H groups in total. The van der Waals surface area contributed by atoms with Gasteiger partial charge >= 0.3 is 0 Å². The maximum absolute atomic E-state index is 12.8. The third-order valence-electron chi connectivity index (χ3n) is 5.98. The van der Waals surface area contributed by atoms with Crippen LogP contribution in [0.15, 0.2) is 48.5 Å². The van der Waals surface area contributed by atoms with E-state index in [0.717, 1.165) is 48.4 Å². The quantitative estimate of drug-likeness (QED) is 0.742. The van der Waals surface area contributed by atoms with Crippen LogP contribution in [0.1, 0.15) is 43.4 Å². The summed E-state index contributed by atoms with van der Waals surface area (Å²) in [4.78, 5) is 27.1. The Morgan fingerprint density at radius 2 is 1.84 bits per heavy atom. The number of benzene rings is 2. The standard InChI is InChI=1S/C25H30N2O4/c1-18(28)21(15-19-7-3-2-4-8-19)26-25(29)17-27-12-5-9-22(27)20-10-11-23-24(16-20)31-14-6-13-30-23/h2-4,7-8,10-11,16,21-22H,5-6,9,12-15,17H2,1H3,(H,26,29)/t21-,22+/m1/s1. The van der Waals surface area contributed by atoms with Crippen molar-refractivity contribution in [2.45, 2.75) is 44.7 Å². The summed E-state index contributed by atoms with van der Waals surface area (Å²) in [7, 11) is 0. The van der Waals surface area contributed by atoms with Crippen LogP contribution in [0.25, 0.3) is 0 Å². The van der Waals surface area contributed by atoms with Crippen LogP contribution in [0.2, 0.25) is 0 Å². The molecule has 2 heterocycles. The molecule has 1 amide bonds. The number of nitrogens with zero attached hydrogens (tertiary/aromatic N) is 1. The van der Waals surface area contributed by atoms with Crippen LogP contribution in [0.4, 0.5) is 0 Å².